The van der Waals surface area contributed by atoms with Crippen LogP contribution in [-0.4, -0.2) is 21.1 Å². The second-order valence-corrected chi connectivity index (χ2v) is 3.17. The van der Waals surface area contributed by atoms with Crippen LogP contribution in [0, 0.1) is 22.9 Å². The maximum atomic E-state index is 13.2. The lowest BCUT2D eigenvalue weighted by molar-refractivity contribution is -0.387. The van der Waals surface area contributed by atoms with E-state index in [1.54, 1.807) is 0 Å². The summed E-state index contributed by atoms with van der Waals surface area (Å²) < 4.78 is 13.2. The van der Waals surface area contributed by atoms with Crippen LogP contribution in [0.25, 0.3) is 0 Å². The largest absolute Gasteiger partial charge is 0.479 e. The number of aliphatic hydroxyl groups excluding tert-OH is 1. The molecule has 0 aromatic heterocycles. The maximum Gasteiger partial charge on any atom is 0.337 e. The van der Waals surface area contributed by atoms with Gasteiger partial charge in [-0.3, -0.25) is 10.1 Å². The van der Waals surface area contributed by atoms with E-state index in [1.165, 1.54) is 6.92 Å². The van der Waals surface area contributed by atoms with E-state index in [2.05, 4.69) is 0 Å². The Morgan fingerprint density at radius 1 is 1.56 bits per heavy atom. The summed E-state index contributed by atoms with van der Waals surface area (Å²) in [6.07, 6.45) is -1.90. The molecule has 1 atom stereocenters. The molecule has 1 unspecified atom stereocenters. The van der Waals surface area contributed by atoms with Crippen LogP contribution in [0.15, 0.2) is 12.1 Å². The number of carboxylic acids is 1. The van der Waals surface area contributed by atoms with Crippen molar-refractivity contribution in [1.82, 2.24) is 0 Å². The van der Waals surface area contributed by atoms with E-state index in [4.69, 9.17) is 5.11 Å². The second-order valence-electron chi connectivity index (χ2n) is 3.17. The van der Waals surface area contributed by atoms with Crippen molar-refractivity contribution in [3.05, 3.63) is 39.2 Å². The van der Waals surface area contributed by atoms with Crippen LogP contribution < -0.4 is 0 Å². The number of nitrogens with zero attached hydrogens (tertiary/aromatic N) is 1. The van der Waals surface area contributed by atoms with Crippen molar-refractivity contribution in [2.45, 2.75) is 13.0 Å². The number of hydrogen-bond donors (Lipinski definition) is 2. The molecular formula is C9H8FNO5. The molecule has 0 spiro atoms. The van der Waals surface area contributed by atoms with Crippen LogP contribution in [0.5, 0.6) is 0 Å². The number of halogens is 1. The molecule has 0 fully saturated rings. The normalized spacial score (nSPS) is 12.2. The summed E-state index contributed by atoms with van der Waals surface area (Å²) in [5, 5.41) is 28.1. The highest BCUT2D eigenvalue weighted by Gasteiger charge is 2.23. The topological polar surface area (TPSA) is 101 Å². The lowest BCUT2D eigenvalue weighted by Crippen LogP contribution is -2.11. The van der Waals surface area contributed by atoms with E-state index in [9.17, 15) is 24.4 Å². The van der Waals surface area contributed by atoms with Gasteiger partial charge in [-0.1, -0.05) is 0 Å². The smallest absolute Gasteiger partial charge is 0.337 e. The van der Waals surface area contributed by atoms with Gasteiger partial charge in [0.15, 0.2) is 6.10 Å². The van der Waals surface area contributed by atoms with Gasteiger partial charge in [0.1, 0.15) is 0 Å². The summed E-state index contributed by atoms with van der Waals surface area (Å²) in [6.45, 7) is 1.25. The van der Waals surface area contributed by atoms with E-state index in [0.717, 1.165) is 6.07 Å². The van der Waals surface area contributed by atoms with E-state index in [-0.39, 0.29) is 11.1 Å². The molecule has 0 amide bonds. The van der Waals surface area contributed by atoms with Crippen molar-refractivity contribution >= 4 is 11.7 Å². The van der Waals surface area contributed by atoms with E-state index in [0.29, 0.717) is 6.07 Å². The maximum absolute atomic E-state index is 13.2. The molecule has 1 rings (SSSR count). The fourth-order valence-corrected chi connectivity index (χ4v) is 1.21. The van der Waals surface area contributed by atoms with Gasteiger partial charge in [0, 0.05) is 6.07 Å². The summed E-state index contributed by atoms with van der Waals surface area (Å²) in [4.78, 5) is 19.9. The molecule has 0 heterocycles. The average Bonchev–Trinajstić information content (AvgIpc) is 2.20. The molecule has 1 aromatic rings. The van der Waals surface area contributed by atoms with Crippen LogP contribution in [0.4, 0.5) is 10.1 Å². The zero-order valence-corrected chi connectivity index (χ0v) is 8.18. The van der Waals surface area contributed by atoms with E-state index >= 15 is 0 Å². The van der Waals surface area contributed by atoms with Crippen molar-refractivity contribution in [2.24, 2.45) is 0 Å². The quantitative estimate of drug-likeness (QED) is 0.598. The molecule has 6 nitrogen and oxygen atoms in total. The first-order chi connectivity index (χ1) is 7.34. The summed E-state index contributed by atoms with van der Waals surface area (Å²) in [6, 6.07) is 1.77. The Labute approximate surface area is 89.1 Å². The third-order valence-electron chi connectivity index (χ3n) is 2.00. The van der Waals surface area contributed by atoms with Crippen molar-refractivity contribution < 1.29 is 24.3 Å². The van der Waals surface area contributed by atoms with Crippen LogP contribution in [0.2, 0.25) is 0 Å². The van der Waals surface area contributed by atoms with Gasteiger partial charge in [0.05, 0.1) is 4.92 Å². The molecule has 7 heteroatoms. The number of carboxylic acid groups (broad SMARTS) is 1. The lowest BCUT2D eigenvalue weighted by atomic mass is 10.0. The fourth-order valence-electron chi connectivity index (χ4n) is 1.21. The zero-order chi connectivity index (χ0) is 12.5. The van der Waals surface area contributed by atoms with Gasteiger partial charge in [-0.2, -0.15) is 4.39 Å². The van der Waals surface area contributed by atoms with Crippen LogP contribution >= 0.6 is 0 Å². The van der Waals surface area contributed by atoms with Gasteiger partial charge < -0.3 is 10.2 Å². The van der Waals surface area contributed by atoms with Crippen molar-refractivity contribution in [3.8, 4) is 0 Å². The van der Waals surface area contributed by atoms with Crippen LogP contribution in [0.1, 0.15) is 17.2 Å². The number of hydrogen-bond acceptors (Lipinski definition) is 4. The summed E-state index contributed by atoms with van der Waals surface area (Å²) in [5.74, 6) is -2.59. The fraction of sp³-hybridized carbons (Fsp3) is 0.222. The van der Waals surface area contributed by atoms with Crippen molar-refractivity contribution in [2.75, 3.05) is 0 Å². The Kier molecular flexibility index (Phi) is 3.19. The summed E-state index contributed by atoms with van der Waals surface area (Å²) >= 11 is 0. The molecule has 0 aliphatic heterocycles. The second kappa shape index (κ2) is 4.23. The molecule has 16 heavy (non-hydrogen) atoms. The predicted octanol–water partition coefficient (Wildman–Crippen LogP) is 1.16. The minimum atomic E-state index is -1.90. The molecule has 0 bridgehead atoms. The highest BCUT2D eigenvalue weighted by Crippen LogP contribution is 2.25. The molecule has 0 aliphatic carbocycles. The highest BCUT2D eigenvalue weighted by atomic mass is 19.1. The number of nitro groups is 1. The summed E-state index contributed by atoms with van der Waals surface area (Å²) in [5.41, 5.74) is -1.17. The third kappa shape index (κ3) is 2.14. The molecule has 1 aromatic carbocycles. The van der Waals surface area contributed by atoms with Crippen molar-refractivity contribution in [1.29, 1.82) is 0 Å². The molecule has 0 radical (unpaired) electrons. The Morgan fingerprint density at radius 3 is 2.56 bits per heavy atom. The number of nitro benzene ring substituents is 1. The number of aliphatic carboxylic acids is 1. The zero-order valence-electron chi connectivity index (χ0n) is 8.18. The van der Waals surface area contributed by atoms with E-state index in [1.807, 2.05) is 0 Å². The molecule has 0 aliphatic rings. The first-order valence-electron chi connectivity index (χ1n) is 4.20. The molecule has 2 N–H and O–H groups in total. The van der Waals surface area contributed by atoms with Crippen LogP contribution in [-0.2, 0) is 4.79 Å². The Balaban J connectivity index is 3.34. The minimum absolute atomic E-state index is 0.0931. The van der Waals surface area contributed by atoms with E-state index < -0.39 is 28.5 Å². The monoisotopic (exact) mass is 229 g/mol. The number of aliphatic hydroxyl groups is 1. The number of carbonyl (C=O) groups is 1. The van der Waals surface area contributed by atoms with Gasteiger partial charge in [-0.25, -0.2) is 4.79 Å². The lowest BCUT2D eigenvalue weighted by Gasteiger charge is -2.07. The molecule has 0 saturated carbocycles. The first-order valence-corrected chi connectivity index (χ1v) is 4.20. The first kappa shape index (κ1) is 12.1. The van der Waals surface area contributed by atoms with Gasteiger partial charge in [0.25, 0.3) is 0 Å². The van der Waals surface area contributed by atoms with Gasteiger partial charge in [0.2, 0.25) is 5.82 Å². The van der Waals surface area contributed by atoms with Crippen LogP contribution in [0.3, 0.4) is 0 Å². The Bertz CT molecular complexity index is 459. The number of aryl methyl sites for hydroxylation is 1. The van der Waals surface area contributed by atoms with Gasteiger partial charge in [-0.15, -0.1) is 0 Å². The number of rotatable bonds is 3. The SMILES string of the molecule is Cc1cc(C(O)C(=O)O)cc([N+](=O)[O-])c1F. The van der Waals surface area contributed by atoms with Crippen molar-refractivity contribution in [3.63, 3.8) is 0 Å². The average molecular weight is 229 g/mol. The molecular weight excluding hydrogens is 221 g/mol. The minimum Gasteiger partial charge on any atom is -0.479 e. The third-order valence-corrected chi connectivity index (χ3v) is 2.00. The van der Waals surface area contributed by atoms with Gasteiger partial charge in [-0.05, 0) is 24.1 Å². The standard InChI is InChI=1S/C9H8FNO5/c1-4-2-5(8(12)9(13)14)3-6(7(4)10)11(15)16/h2-3,8,12H,1H3,(H,13,14). The Hall–Kier alpha value is -2.02. The predicted molar refractivity (Wildman–Crippen MR) is 50.4 cm³/mol. The van der Waals surface area contributed by atoms with Gasteiger partial charge >= 0.3 is 11.7 Å². The summed E-state index contributed by atoms with van der Waals surface area (Å²) in [7, 11) is 0. The highest BCUT2D eigenvalue weighted by molar-refractivity contribution is 5.74. The Morgan fingerprint density at radius 2 is 2.12 bits per heavy atom. The molecule has 0 saturated heterocycles. The number of benzene rings is 1. The molecule has 86 valence electrons.